The number of rotatable bonds is 9. The maximum absolute atomic E-state index is 14.0. The lowest BCUT2D eigenvalue weighted by atomic mass is 10.0. The van der Waals surface area contributed by atoms with E-state index in [-0.39, 0.29) is 6.42 Å². The molecule has 3 aromatic rings. The summed E-state index contributed by atoms with van der Waals surface area (Å²) in [6, 6.07) is 24.8. The topological polar surface area (TPSA) is 97.0 Å². The van der Waals surface area contributed by atoms with Crippen LogP contribution in [0.2, 0.25) is 0 Å². The zero-order chi connectivity index (χ0) is 28.4. The summed E-state index contributed by atoms with van der Waals surface area (Å²) in [5.74, 6) is -0.524. The fraction of sp³-hybridized carbons (Fsp3) is 0.258. The molecule has 2 unspecified atom stereocenters. The maximum atomic E-state index is 14.0. The molecule has 0 heterocycles. The summed E-state index contributed by atoms with van der Waals surface area (Å²) in [5, 5.41) is 5.48. The summed E-state index contributed by atoms with van der Waals surface area (Å²) in [6.45, 7) is 5.18. The summed E-state index contributed by atoms with van der Waals surface area (Å²) in [4.78, 5) is 41.3. The molecular weight excluding hydrogens is 494 g/mol. The Balaban J connectivity index is 1.95. The fourth-order valence-electron chi connectivity index (χ4n) is 3.87. The standard InChI is InChI=1S/C31H33N3O5/c1-6-34(29(36)26(21-22-13-9-7-10-14-22)33-30(37)39-31(2,3)4)27(23-15-11-8-12-16-23)28(35)32-24-17-19-25(38-5)20-18-24/h1,7-20,26-27H,21H2,2-5H3,(H,32,35)(H,33,37). The van der Waals surface area contributed by atoms with E-state index in [0.29, 0.717) is 17.0 Å². The van der Waals surface area contributed by atoms with Crippen LogP contribution >= 0.6 is 0 Å². The van der Waals surface area contributed by atoms with Gasteiger partial charge in [0, 0.05) is 18.2 Å². The summed E-state index contributed by atoms with van der Waals surface area (Å²) in [5.41, 5.74) is 1.02. The molecule has 8 nitrogen and oxygen atoms in total. The molecule has 202 valence electrons. The van der Waals surface area contributed by atoms with E-state index in [1.165, 1.54) is 0 Å². The normalized spacial score (nSPS) is 12.3. The molecule has 0 radical (unpaired) electrons. The summed E-state index contributed by atoms with van der Waals surface area (Å²) in [6.07, 6.45) is 5.23. The van der Waals surface area contributed by atoms with Crippen LogP contribution in [0, 0.1) is 12.5 Å². The number of ether oxygens (including phenoxy) is 2. The molecule has 0 fully saturated rings. The number of amides is 3. The van der Waals surface area contributed by atoms with E-state index in [0.717, 1.165) is 10.5 Å². The van der Waals surface area contributed by atoms with Crippen molar-refractivity contribution >= 4 is 23.6 Å². The zero-order valence-corrected chi connectivity index (χ0v) is 22.5. The third kappa shape index (κ3) is 8.37. The predicted molar refractivity (Wildman–Crippen MR) is 150 cm³/mol. The second-order valence-electron chi connectivity index (χ2n) is 9.76. The van der Waals surface area contributed by atoms with Crippen LogP contribution in [0.3, 0.4) is 0 Å². The van der Waals surface area contributed by atoms with Crippen molar-refractivity contribution in [2.45, 2.75) is 44.9 Å². The van der Waals surface area contributed by atoms with E-state index in [1.54, 1.807) is 82.5 Å². The van der Waals surface area contributed by atoms with Crippen LogP contribution in [-0.4, -0.2) is 41.6 Å². The Hall–Kier alpha value is -4.77. The first-order valence-corrected chi connectivity index (χ1v) is 12.4. The summed E-state index contributed by atoms with van der Waals surface area (Å²) < 4.78 is 10.6. The number of hydrogen-bond acceptors (Lipinski definition) is 5. The van der Waals surface area contributed by atoms with Gasteiger partial charge >= 0.3 is 6.09 Å². The van der Waals surface area contributed by atoms with Gasteiger partial charge in [0.15, 0.2) is 0 Å². The molecule has 0 saturated carbocycles. The molecule has 2 N–H and O–H groups in total. The van der Waals surface area contributed by atoms with Gasteiger partial charge in [-0.2, -0.15) is 0 Å². The number of methoxy groups -OCH3 is 1. The van der Waals surface area contributed by atoms with Crippen molar-refractivity contribution in [3.8, 4) is 18.2 Å². The van der Waals surface area contributed by atoms with Gasteiger partial charge in [-0.05, 0) is 56.2 Å². The first kappa shape index (κ1) is 28.8. The van der Waals surface area contributed by atoms with Crippen LogP contribution in [-0.2, 0) is 20.7 Å². The molecule has 2 atom stereocenters. The van der Waals surface area contributed by atoms with Crippen molar-refractivity contribution < 1.29 is 23.9 Å². The predicted octanol–water partition coefficient (Wildman–Crippen LogP) is 4.93. The molecule has 3 aromatic carbocycles. The van der Waals surface area contributed by atoms with Crippen LogP contribution in [0.15, 0.2) is 84.9 Å². The average molecular weight is 528 g/mol. The first-order chi connectivity index (χ1) is 18.6. The number of benzene rings is 3. The Labute approximate surface area is 229 Å². The smallest absolute Gasteiger partial charge is 0.408 e. The Morgan fingerprint density at radius 3 is 2.05 bits per heavy atom. The van der Waals surface area contributed by atoms with E-state index in [1.807, 2.05) is 30.3 Å². The Bertz CT molecular complexity index is 1300. The minimum absolute atomic E-state index is 0.138. The number of carbonyl (C=O) groups is 3. The number of hydrogen-bond donors (Lipinski definition) is 2. The lowest BCUT2D eigenvalue weighted by molar-refractivity contribution is -0.136. The number of carbonyl (C=O) groups excluding carboxylic acids is 3. The van der Waals surface area contributed by atoms with Crippen LogP contribution in [0.25, 0.3) is 0 Å². The van der Waals surface area contributed by atoms with Crippen molar-refractivity contribution in [2.75, 3.05) is 12.4 Å². The quantitative estimate of drug-likeness (QED) is 0.304. The van der Waals surface area contributed by atoms with Crippen LogP contribution < -0.4 is 15.4 Å². The van der Waals surface area contributed by atoms with Gasteiger partial charge in [0.2, 0.25) is 0 Å². The van der Waals surface area contributed by atoms with Gasteiger partial charge in [0.05, 0.1) is 7.11 Å². The van der Waals surface area contributed by atoms with Gasteiger partial charge in [-0.25, -0.2) is 4.79 Å². The van der Waals surface area contributed by atoms with Gasteiger partial charge in [0.25, 0.3) is 11.8 Å². The highest BCUT2D eigenvalue weighted by Gasteiger charge is 2.36. The summed E-state index contributed by atoms with van der Waals surface area (Å²) >= 11 is 0. The fourth-order valence-corrected chi connectivity index (χ4v) is 3.87. The minimum Gasteiger partial charge on any atom is -0.497 e. The van der Waals surface area contributed by atoms with E-state index < -0.39 is 35.6 Å². The third-order valence-electron chi connectivity index (χ3n) is 5.63. The second kappa shape index (κ2) is 13.2. The van der Waals surface area contributed by atoms with Crippen molar-refractivity contribution in [3.63, 3.8) is 0 Å². The number of anilines is 1. The minimum atomic E-state index is -1.18. The van der Waals surface area contributed by atoms with Gasteiger partial charge < -0.3 is 20.1 Å². The van der Waals surface area contributed by atoms with Gasteiger partial charge in [-0.3, -0.25) is 14.5 Å². The van der Waals surface area contributed by atoms with Crippen LogP contribution in [0.1, 0.15) is 37.9 Å². The lowest BCUT2D eigenvalue weighted by Crippen LogP contribution is -2.51. The molecule has 0 aromatic heterocycles. The number of terminal acetylenes is 1. The summed E-state index contributed by atoms with van der Waals surface area (Å²) in [7, 11) is 1.55. The second-order valence-corrected chi connectivity index (χ2v) is 9.76. The molecular formula is C31H33N3O5. The molecule has 0 spiro atoms. The number of alkyl carbamates (subject to hydrolysis) is 1. The number of nitrogens with one attached hydrogen (secondary N) is 2. The molecule has 39 heavy (non-hydrogen) atoms. The van der Waals surface area contributed by atoms with E-state index in [4.69, 9.17) is 15.9 Å². The highest BCUT2D eigenvalue weighted by atomic mass is 16.6. The van der Waals surface area contributed by atoms with Crippen LogP contribution in [0.4, 0.5) is 10.5 Å². The Morgan fingerprint density at radius 1 is 0.923 bits per heavy atom. The number of nitrogens with zero attached hydrogens (tertiary/aromatic N) is 1. The first-order valence-electron chi connectivity index (χ1n) is 12.4. The molecule has 0 aliphatic carbocycles. The molecule has 8 heteroatoms. The maximum Gasteiger partial charge on any atom is 0.408 e. The molecule has 0 aliphatic heterocycles. The highest BCUT2D eigenvalue weighted by molar-refractivity contribution is 5.99. The van der Waals surface area contributed by atoms with Crippen molar-refractivity contribution in [1.82, 2.24) is 10.2 Å². The largest absolute Gasteiger partial charge is 0.497 e. The molecule has 3 rings (SSSR count). The molecule has 3 amide bonds. The van der Waals surface area contributed by atoms with E-state index >= 15 is 0 Å². The average Bonchev–Trinajstić information content (AvgIpc) is 2.91. The van der Waals surface area contributed by atoms with E-state index in [9.17, 15) is 14.4 Å². The van der Waals surface area contributed by atoms with Crippen molar-refractivity contribution in [3.05, 3.63) is 96.1 Å². The molecule has 0 saturated heterocycles. The molecule has 0 bridgehead atoms. The lowest BCUT2D eigenvalue weighted by Gasteiger charge is -2.30. The zero-order valence-electron chi connectivity index (χ0n) is 22.5. The van der Waals surface area contributed by atoms with Gasteiger partial charge in [0.1, 0.15) is 23.4 Å². The van der Waals surface area contributed by atoms with Crippen molar-refractivity contribution in [2.24, 2.45) is 0 Å². The Kier molecular flexibility index (Phi) is 9.71. The van der Waals surface area contributed by atoms with Crippen LogP contribution in [0.5, 0.6) is 5.75 Å². The SMILES string of the molecule is C#CN(C(=O)C(Cc1ccccc1)NC(=O)OC(C)(C)C)C(C(=O)Nc1ccc(OC)cc1)c1ccccc1. The van der Waals surface area contributed by atoms with Gasteiger partial charge in [-0.15, -0.1) is 0 Å². The monoisotopic (exact) mass is 527 g/mol. The molecule has 0 aliphatic rings. The Morgan fingerprint density at radius 2 is 1.51 bits per heavy atom. The van der Waals surface area contributed by atoms with Crippen molar-refractivity contribution in [1.29, 1.82) is 0 Å². The highest BCUT2D eigenvalue weighted by Crippen LogP contribution is 2.25. The third-order valence-corrected chi connectivity index (χ3v) is 5.63. The van der Waals surface area contributed by atoms with E-state index in [2.05, 4.69) is 16.7 Å². The van der Waals surface area contributed by atoms with Gasteiger partial charge in [-0.1, -0.05) is 67.1 Å².